The van der Waals surface area contributed by atoms with E-state index >= 15 is 0 Å². The average molecular weight is 400 g/mol. The zero-order chi connectivity index (χ0) is 19.0. The molecule has 0 radical (unpaired) electrons. The number of para-hydroxylation sites is 1. The van der Waals surface area contributed by atoms with Crippen LogP contribution in [0.2, 0.25) is 0 Å². The summed E-state index contributed by atoms with van der Waals surface area (Å²) in [4.78, 5) is 0. The Labute approximate surface area is 171 Å². The largest absolute Gasteiger partial charge is 0.493 e. The van der Waals surface area contributed by atoms with E-state index in [9.17, 15) is 5.11 Å². The summed E-state index contributed by atoms with van der Waals surface area (Å²) in [6.07, 6.45) is 4.79. The van der Waals surface area contributed by atoms with Crippen LogP contribution in [0.15, 0.2) is 24.3 Å². The molecule has 156 valence electrons. The van der Waals surface area contributed by atoms with E-state index in [2.05, 4.69) is 26.1 Å². The van der Waals surface area contributed by atoms with Gasteiger partial charge in [-0.1, -0.05) is 39.0 Å². The van der Waals surface area contributed by atoms with Gasteiger partial charge in [0.2, 0.25) is 0 Å². The summed E-state index contributed by atoms with van der Waals surface area (Å²) < 4.78 is 11.3. The van der Waals surface area contributed by atoms with Gasteiger partial charge >= 0.3 is 0 Å². The molecule has 0 bridgehead atoms. The minimum Gasteiger partial charge on any atom is -0.493 e. The van der Waals surface area contributed by atoms with Gasteiger partial charge in [-0.15, -0.1) is 12.4 Å². The third-order valence-electron chi connectivity index (χ3n) is 5.14. The van der Waals surface area contributed by atoms with Crippen molar-refractivity contribution >= 4 is 12.4 Å². The molecule has 0 aliphatic carbocycles. The minimum absolute atomic E-state index is 0. The molecule has 1 heterocycles. The fourth-order valence-corrected chi connectivity index (χ4v) is 3.70. The van der Waals surface area contributed by atoms with Crippen LogP contribution >= 0.6 is 12.4 Å². The van der Waals surface area contributed by atoms with Crippen LogP contribution in [0.25, 0.3) is 0 Å². The number of nitrogens with one attached hydrogen (secondary N) is 1. The standard InChI is InChI=1S/C22H37NO3.ClH/c1-21(2,3)17-26-20-12-6-5-11-19(20)22(24,13-7-8-15-25-4)18-10-9-14-23-16-18;/h5-6,11-12,18,23-24H,7-10,13-17H2,1-4H3;1H/t18-,22+;/m1./s1. The highest BCUT2D eigenvalue weighted by atomic mass is 35.5. The normalized spacial score (nSPS) is 19.8. The van der Waals surface area contributed by atoms with Gasteiger partial charge in [0.05, 0.1) is 12.2 Å². The van der Waals surface area contributed by atoms with Crippen LogP contribution in [0.4, 0.5) is 0 Å². The molecule has 4 nitrogen and oxygen atoms in total. The third kappa shape index (κ3) is 7.26. The van der Waals surface area contributed by atoms with Gasteiger partial charge in [-0.25, -0.2) is 0 Å². The number of piperidine rings is 1. The van der Waals surface area contributed by atoms with E-state index in [-0.39, 0.29) is 23.7 Å². The van der Waals surface area contributed by atoms with Crippen LogP contribution in [-0.2, 0) is 10.3 Å². The van der Waals surface area contributed by atoms with Gasteiger partial charge in [-0.3, -0.25) is 0 Å². The van der Waals surface area contributed by atoms with Gasteiger partial charge in [0, 0.05) is 31.7 Å². The number of aliphatic hydroxyl groups is 1. The summed E-state index contributed by atoms with van der Waals surface area (Å²) >= 11 is 0. The van der Waals surface area contributed by atoms with Crippen LogP contribution in [0.1, 0.15) is 58.4 Å². The predicted octanol–water partition coefficient (Wildman–Crippen LogP) is 4.54. The van der Waals surface area contributed by atoms with Gasteiger partial charge < -0.3 is 19.9 Å². The molecule has 1 aliphatic heterocycles. The number of hydrogen-bond acceptors (Lipinski definition) is 4. The molecule has 1 aliphatic rings. The van der Waals surface area contributed by atoms with Crippen LogP contribution < -0.4 is 10.1 Å². The minimum atomic E-state index is -0.865. The lowest BCUT2D eigenvalue weighted by Gasteiger charge is -2.40. The lowest BCUT2D eigenvalue weighted by molar-refractivity contribution is -0.0456. The average Bonchev–Trinajstić information content (AvgIpc) is 2.64. The second kappa shape index (κ2) is 11.3. The lowest BCUT2D eigenvalue weighted by atomic mass is 9.74. The van der Waals surface area contributed by atoms with Crippen molar-refractivity contribution in [3.05, 3.63) is 29.8 Å². The SMILES string of the molecule is COCCCC[C@@](O)(c1ccccc1OCC(C)(C)C)[C@@H]1CCCNC1.Cl. The summed E-state index contributed by atoms with van der Waals surface area (Å²) in [5, 5.41) is 15.3. The van der Waals surface area contributed by atoms with Crippen LogP contribution in [0.3, 0.4) is 0 Å². The smallest absolute Gasteiger partial charge is 0.125 e. The molecular weight excluding hydrogens is 362 g/mol. The number of unbranched alkanes of at least 4 members (excludes halogenated alkanes) is 1. The molecule has 1 aromatic carbocycles. The molecular formula is C22H38ClNO3. The Morgan fingerprint density at radius 2 is 1.93 bits per heavy atom. The van der Waals surface area contributed by atoms with Crippen molar-refractivity contribution in [2.75, 3.05) is 33.4 Å². The fourth-order valence-electron chi connectivity index (χ4n) is 3.70. The zero-order valence-corrected chi connectivity index (χ0v) is 18.2. The molecule has 2 N–H and O–H groups in total. The van der Waals surface area contributed by atoms with Crippen molar-refractivity contribution in [3.63, 3.8) is 0 Å². The first-order valence-electron chi connectivity index (χ1n) is 10.0. The van der Waals surface area contributed by atoms with Crippen molar-refractivity contribution in [1.82, 2.24) is 5.32 Å². The fraction of sp³-hybridized carbons (Fsp3) is 0.727. The quantitative estimate of drug-likeness (QED) is 0.598. The van der Waals surface area contributed by atoms with E-state index in [4.69, 9.17) is 9.47 Å². The Morgan fingerprint density at radius 1 is 1.19 bits per heavy atom. The maximum Gasteiger partial charge on any atom is 0.125 e. The third-order valence-corrected chi connectivity index (χ3v) is 5.14. The number of halogens is 1. The van der Waals surface area contributed by atoms with Crippen LogP contribution in [-0.4, -0.2) is 38.5 Å². The number of rotatable bonds is 9. The number of hydrogen-bond donors (Lipinski definition) is 2. The first-order chi connectivity index (χ1) is 12.4. The van der Waals surface area contributed by atoms with Crippen molar-refractivity contribution in [3.8, 4) is 5.75 Å². The van der Waals surface area contributed by atoms with Crippen molar-refractivity contribution in [1.29, 1.82) is 0 Å². The van der Waals surface area contributed by atoms with Crippen LogP contribution in [0.5, 0.6) is 5.75 Å². The summed E-state index contributed by atoms with van der Waals surface area (Å²) in [6.45, 7) is 9.76. The summed E-state index contributed by atoms with van der Waals surface area (Å²) in [5.74, 6) is 1.03. The van der Waals surface area contributed by atoms with Crippen molar-refractivity contribution in [2.24, 2.45) is 11.3 Å². The molecule has 2 rings (SSSR count). The maximum absolute atomic E-state index is 11.9. The van der Waals surface area contributed by atoms with E-state index in [1.165, 1.54) is 0 Å². The zero-order valence-electron chi connectivity index (χ0n) is 17.4. The topological polar surface area (TPSA) is 50.7 Å². The molecule has 0 unspecified atom stereocenters. The highest BCUT2D eigenvalue weighted by Gasteiger charge is 2.40. The van der Waals surface area contributed by atoms with Crippen molar-refractivity contribution in [2.45, 2.75) is 58.5 Å². The Morgan fingerprint density at radius 3 is 2.56 bits per heavy atom. The monoisotopic (exact) mass is 399 g/mol. The van der Waals surface area contributed by atoms with E-state index in [1.807, 2.05) is 24.3 Å². The van der Waals surface area contributed by atoms with E-state index in [1.54, 1.807) is 7.11 Å². The lowest BCUT2D eigenvalue weighted by Crippen LogP contribution is -2.44. The molecule has 27 heavy (non-hydrogen) atoms. The van der Waals surface area contributed by atoms with E-state index in [0.717, 1.165) is 63.1 Å². The predicted molar refractivity (Wildman–Crippen MR) is 114 cm³/mol. The van der Waals surface area contributed by atoms with Gasteiger partial charge in [-0.05, 0) is 50.1 Å². The Hall–Kier alpha value is -0.810. The van der Waals surface area contributed by atoms with Gasteiger partial charge in [-0.2, -0.15) is 0 Å². The second-order valence-electron chi connectivity index (χ2n) is 8.76. The number of methoxy groups -OCH3 is 1. The van der Waals surface area contributed by atoms with E-state index < -0.39 is 5.60 Å². The Bertz CT molecular complexity index is 541. The van der Waals surface area contributed by atoms with Gasteiger partial charge in [0.25, 0.3) is 0 Å². The van der Waals surface area contributed by atoms with Gasteiger partial charge in [0.1, 0.15) is 5.75 Å². The molecule has 2 atom stereocenters. The summed E-state index contributed by atoms with van der Waals surface area (Å²) in [5.41, 5.74) is 0.154. The highest BCUT2D eigenvalue weighted by Crippen LogP contribution is 2.42. The molecule has 0 spiro atoms. The molecule has 0 saturated carbocycles. The summed E-state index contributed by atoms with van der Waals surface area (Å²) in [6, 6.07) is 8.04. The Kier molecular flexibility index (Phi) is 10.1. The highest BCUT2D eigenvalue weighted by molar-refractivity contribution is 5.85. The Balaban J connectivity index is 0.00000364. The van der Waals surface area contributed by atoms with E-state index in [0.29, 0.717) is 6.61 Å². The first kappa shape index (κ1) is 24.2. The molecule has 1 saturated heterocycles. The van der Waals surface area contributed by atoms with Crippen molar-refractivity contribution < 1.29 is 14.6 Å². The molecule has 1 fully saturated rings. The summed E-state index contributed by atoms with van der Waals surface area (Å²) in [7, 11) is 1.73. The molecule has 0 aromatic heterocycles. The van der Waals surface area contributed by atoms with Gasteiger partial charge in [0.15, 0.2) is 0 Å². The first-order valence-corrected chi connectivity index (χ1v) is 10.0. The second-order valence-corrected chi connectivity index (χ2v) is 8.76. The number of ether oxygens (including phenoxy) is 2. The molecule has 1 aromatic rings. The maximum atomic E-state index is 11.9. The number of benzene rings is 1. The molecule has 0 amide bonds. The molecule has 5 heteroatoms. The van der Waals surface area contributed by atoms with Crippen LogP contribution in [0, 0.1) is 11.3 Å².